The molecule has 136 valence electrons. The SMILES string of the molecule is CCC(CC)(CC(=O)O)NC(=O)C1CC(=O)N(c2ccccc2F)C1. The van der Waals surface area contributed by atoms with Crippen molar-refractivity contribution in [1.29, 1.82) is 0 Å². The van der Waals surface area contributed by atoms with Crippen molar-refractivity contribution in [3.63, 3.8) is 0 Å². The Balaban J connectivity index is 2.12. The minimum absolute atomic E-state index is 0.0171. The number of aliphatic carboxylic acids is 1. The van der Waals surface area contributed by atoms with Crippen molar-refractivity contribution in [2.24, 2.45) is 5.92 Å². The Bertz CT molecular complexity index is 673. The summed E-state index contributed by atoms with van der Waals surface area (Å²) in [6.45, 7) is 3.72. The van der Waals surface area contributed by atoms with E-state index in [1.54, 1.807) is 6.07 Å². The van der Waals surface area contributed by atoms with E-state index in [9.17, 15) is 18.8 Å². The maximum absolute atomic E-state index is 13.9. The van der Waals surface area contributed by atoms with E-state index < -0.39 is 23.2 Å². The molecule has 0 spiro atoms. The number of carboxylic acids is 1. The molecule has 0 saturated carbocycles. The van der Waals surface area contributed by atoms with E-state index in [4.69, 9.17) is 5.11 Å². The van der Waals surface area contributed by atoms with E-state index in [2.05, 4.69) is 5.32 Å². The summed E-state index contributed by atoms with van der Waals surface area (Å²) in [5.41, 5.74) is -0.678. The van der Waals surface area contributed by atoms with Crippen LogP contribution in [-0.4, -0.2) is 35.0 Å². The summed E-state index contributed by atoms with van der Waals surface area (Å²) in [7, 11) is 0. The summed E-state index contributed by atoms with van der Waals surface area (Å²) in [6, 6.07) is 5.93. The Hall–Kier alpha value is -2.44. The van der Waals surface area contributed by atoms with E-state index in [0.29, 0.717) is 12.8 Å². The van der Waals surface area contributed by atoms with Crippen molar-refractivity contribution in [3.05, 3.63) is 30.1 Å². The lowest BCUT2D eigenvalue weighted by atomic mass is 9.88. The molecule has 0 aromatic heterocycles. The van der Waals surface area contributed by atoms with Crippen molar-refractivity contribution >= 4 is 23.5 Å². The Labute approximate surface area is 146 Å². The molecular formula is C18H23FN2O4. The summed E-state index contributed by atoms with van der Waals surface area (Å²) in [6.07, 6.45) is 0.749. The average molecular weight is 350 g/mol. The number of carbonyl (C=O) groups is 3. The van der Waals surface area contributed by atoms with E-state index in [0.717, 1.165) is 0 Å². The summed E-state index contributed by atoms with van der Waals surface area (Å²) < 4.78 is 13.9. The molecule has 0 radical (unpaired) electrons. The van der Waals surface area contributed by atoms with Gasteiger partial charge in [0.25, 0.3) is 0 Å². The average Bonchev–Trinajstić information content (AvgIpc) is 2.96. The van der Waals surface area contributed by atoms with Gasteiger partial charge >= 0.3 is 5.97 Å². The molecule has 2 N–H and O–H groups in total. The van der Waals surface area contributed by atoms with Crippen molar-refractivity contribution in [1.82, 2.24) is 5.32 Å². The number of amides is 2. The Kier molecular flexibility index (Phi) is 5.77. The number of benzene rings is 1. The fourth-order valence-corrected chi connectivity index (χ4v) is 3.16. The van der Waals surface area contributed by atoms with Crippen LogP contribution in [0.5, 0.6) is 0 Å². The predicted octanol–water partition coefficient (Wildman–Crippen LogP) is 2.33. The van der Waals surface area contributed by atoms with Crippen LogP contribution in [0.3, 0.4) is 0 Å². The van der Waals surface area contributed by atoms with Crippen LogP contribution in [0.15, 0.2) is 24.3 Å². The normalized spacial score (nSPS) is 17.6. The van der Waals surface area contributed by atoms with Gasteiger partial charge in [0.1, 0.15) is 5.82 Å². The largest absolute Gasteiger partial charge is 0.481 e. The molecule has 1 aliphatic heterocycles. The highest BCUT2D eigenvalue weighted by Crippen LogP contribution is 2.28. The fourth-order valence-electron chi connectivity index (χ4n) is 3.16. The first-order chi connectivity index (χ1) is 11.8. The maximum Gasteiger partial charge on any atom is 0.305 e. The van der Waals surface area contributed by atoms with Gasteiger partial charge in [-0.2, -0.15) is 0 Å². The number of hydrogen-bond acceptors (Lipinski definition) is 3. The topological polar surface area (TPSA) is 86.7 Å². The number of carboxylic acid groups (broad SMARTS) is 1. The fraction of sp³-hybridized carbons (Fsp3) is 0.500. The van der Waals surface area contributed by atoms with Gasteiger partial charge in [0.2, 0.25) is 11.8 Å². The number of carbonyl (C=O) groups excluding carboxylic acids is 2. The van der Waals surface area contributed by atoms with Gasteiger partial charge in [-0.1, -0.05) is 26.0 Å². The lowest BCUT2D eigenvalue weighted by Gasteiger charge is -2.32. The Morgan fingerprint density at radius 3 is 2.52 bits per heavy atom. The highest BCUT2D eigenvalue weighted by atomic mass is 19.1. The Morgan fingerprint density at radius 1 is 1.32 bits per heavy atom. The number of halogens is 1. The zero-order chi connectivity index (χ0) is 18.6. The van der Waals surface area contributed by atoms with Gasteiger partial charge in [-0.25, -0.2) is 4.39 Å². The monoisotopic (exact) mass is 350 g/mol. The zero-order valence-corrected chi connectivity index (χ0v) is 14.4. The van der Waals surface area contributed by atoms with Gasteiger partial charge < -0.3 is 15.3 Å². The third-order valence-electron chi connectivity index (χ3n) is 4.87. The Morgan fingerprint density at radius 2 is 1.96 bits per heavy atom. The molecule has 1 fully saturated rings. The smallest absolute Gasteiger partial charge is 0.305 e. The number of anilines is 1. The van der Waals surface area contributed by atoms with Crippen LogP contribution in [0.4, 0.5) is 10.1 Å². The molecule has 0 aliphatic carbocycles. The molecular weight excluding hydrogens is 327 g/mol. The predicted molar refractivity (Wildman–Crippen MR) is 90.6 cm³/mol. The summed E-state index contributed by atoms with van der Waals surface area (Å²) >= 11 is 0. The van der Waals surface area contributed by atoms with Crippen LogP contribution in [0.25, 0.3) is 0 Å². The van der Waals surface area contributed by atoms with Crippen LogP contribution in [0, 0.1) is 11.7 Å². The summed E-state index contributed by atoms with van der Waals surface area (Å²) in [5.74, 6) is -2.81. The van der Waals surface area contributed by atoms with E-state index in [1.165, 1.54) is 23.1 Å². The maximum atomic E-state index is 13.9. The number of hydrogen-bond donors (Lipinski definition) is 2. The van der Waals surface area contributed by atoms with Gasteiger partial charge in [0, 0.05) is 18.5 Å². The molecule has 2 rings (SSSR count). The molecule has 7 heteroatoms. The highest BCUT2D eigenvalue weighted by Gasteiger charge is 2.39. The minimum Gasteiger partial charge on any atom is -0.481 e. The third kappa shape index (κ3) is 4.15. The van der Waals surface area contributed by atoms with E-state index >= 15 is 0 Å². The molecule has 1 atom stereocenters. The molecule has 1 saturated heterocycles. The molecule has 1 heterocycles. The molecule has 1 aliphatic rings. The molecule has 1 aromatic rings. The summed E-state index contributed by atoms with van der Waals surface area (Å²) in [4.78, 5) is 37.2. The van der Waals surface area contributed by atoms with Gasteiger partial charge in [-0.15, -0.1) is 0 Å². The second kappa shape index (κ2) is 7.63. The van der Waals surface area contributed by atoms with Crippen LogP contribution in [0.1, 0.15) is 39.5 Å². The highest BCUT2D eigenvalue weighted by molar-refractivity contribution is 6.00. The number of nitrogens with zero attached hydrogens (tertiary/aromatic N) is 1. The van der Waals surface area contributed by atoms with Crippen molar-refractivity contribution < 1.29 is 23.9 Å². The van der Waals surface area contributed by atoms with Gasteiger partial charge in [0.15, 0.2) is 0 Å². The van der Waals surface area contributed by atoms with Gasteiger partial charge in [-0.05, 0) is 25.0 Å². The quantitative estimate of drug-likeness (QED) is 0.790. The lowest BCUT2D eigenvalue weighted by Crippen LogP contribution is -2.51. The van der Waals surface area contributed by atoms with Crippen LogP contribution in [-0.2, 0) is 14.4 Å². The minimum atomic E-state index is -0.987. The summed E-state index contributed by atoms with van der Waals surface area (Å²) in [5, 5.41) is 11.9. The van der Waals surface area contributed by atoms with Crippen LogP contribution >= 0.6 is 0 Å². The molecule has 1 unspecified atom stereocenters. The van der Waals surface area contributed by atoms with Gasteiger partial charge in [-0.3, -0.25) is 14.4 Å². The molecule has 1 aromatic carbocycles. The molecule has 0 bridgehead atoms. The first-order valence-corrected chi connectivity index (χ1v) is 8.40. The second-order valence-electron chi connectivity index (χ2n) is 6.40. The zero-order valence-electron chi connectivity index (χ0n) is 14.4. The number of rotatable bonds is 7. The van der Waals surface area contributed by atoms with Crippen LogP contribution < -0.4 is 10.2 Å². The van der Waals surface area contributed by atoms with Crippen LogP contribution in [0.2, 0.25) is 0 Å². The molecule has 25 heavy (non-hydrogen) atoms. The number of para-hydroxylation sites is 1. The first kappa shape index (κ1) is 18.9. The lowest BCUT2D eigenvalue weighted by molar-refractivity contribution is -0.139. The van der Waals surface area contributed by atoms with Gasteiger partial charge in [0.05, 0.1) is 18.0 Å². The van der Waals surface area contributed by atoms with Crippen molar-refractivity contribution in [2.45, 2.75) is 45.1 Å². The van der Waals surface area contributed by atoms with E-state index in [-0.39, 0.29) is 36.9 Å². The first-order valence-electron chi connectivity index (χ1n) is 8.40. The third-order valence-corrected chi connectivity index (χ3v) is 4.87. The van der Waals surface area contributed by atoms with E-state index in [1.807, 2.05) is 13.8 Å². The van der Waals surface area contributed by atoms with Crippen molar-refractivity contribution in [3.8, 4) is 0 Å². The number of nitrogens with one attached hydrogen (secondary N) is 1. The molecule has 6 nitrogen and oxygen atoms in total. The molecule has 2 amide bonds. The standard InChI is InChI=1S/C18H23FN2O4/c1-3-18(4-2,10-16(23)24)20-17(25)12-9-15(22)21(11-12)14-8-6-5-7-13(14)19/h5-8,12H,3-4,9-11H2,1-2H3,(H,20,25)(H,23,24). The van der Waals surface area contributed by atoms with Crippen molar-refractivity contribution in [2.75, 3.05) is 11.4 Å². The second-order valence-corrected chi connectivity index (χ2v) is 6.40.